The molecule has 0 saturated heterocycles. The maximum atomic E-state index is 5.22. The van der Waals surface area contributed by atoms with Crippen LogP contribution in [0.5, 0.6) is 0 Å². The Morgan fingerprint density at radius 3 is 1.18 bits per heavy atom. The zero-order valence-electron chi connectivity index (χ0n) is 36.4. The SMILES string of the molecule is CC(C)c1cccc(-c2nc3ccccc3n2-c2cccc(-c3cc(-c4nc(-c5ccccc5)nc(-c5ccccc5)n4)cc(-c4nc(-c5ccccc5)nc(-c5ccccc5)n4)c3)c2)c1. The van der Waals surface area contributed by atoms with Crippen molar-refractivity contribution in [3.05, 3.63) is 218 Å². The molecule has 0 spiro atoms. The van der Waals surface area contributed by atoms with Crippen molar-refractivity contribution in [3.63, 3.8) is 0 Å². The molecule has 8 heteroatoms. The summed E-state index contributed by atoms with van der Waals surface area (Å²) in [6, 6.07) is 72.2. The Morgan fingerprint density at radius 2 is 0.697 bits per heavy atom. The third kappa shape index (κ3) is 8.04. The summed E-state index contributed by atoms with van der Waals surface area (Å²) in [4.78, 5) is 35.9. The topological polar surface area (TPSA) is 95.2 Å². The molecular weight excluding hydrogens is 809 g/mol. The number of imidazole rings is 1. The van der Waals surface area contributed by atoms with Crippen molar-refractivity contribution in [2.75, 3.05) is 0 Å². The first kappa shape index (κ1) is 40.1. The Kier molecular flexibility index (Phi) is 10.6. The lowest BCUT2D eigenvalue weighted by atomic mass is 9.98. The molecule has 0 unspecified atom stereocenters. The number of fused-ring (bicyclic) bond motifs is 1. The van der Waals surface area contributed by atoms with Crippen molar-refractivity contribution in [2.24, 2.45) is 0 Å². The molecule has 8 aromatic carbocycles. The van der Waals surface area contributed by atoms with Crippen molar-refractivity contribution in [1.82, 2.24) is 39.5 Å². The maximum absolute atomic E-state index is 5.22. The molecule has 8 nitrogen and oxygen atoms in total. The van der Waals surface area contributed by atoms with Crippen molar-refractivity contribution in [3.8, 4) is 96.5 Å². The van der Waals surface area contributed by atoms with Crippen LogP contribution >= 0.6 is 0 Å². The Labute approximate surface area is 383 Å². The first-order valence-corrected chi connectivity index (χ1v) is 22.1. The van der Waals surface area contributed by atoms with Crippen LogP contribution in [-0.2, 0) is 0 Å². The van der Waals surface area contributed by atoms with E-state index in [1.54, 1.807) is 0 Å². The van der Waals surface area contributed by atoms with E-state index in [0.29, 0.717) is 40.9 Å². The maximum Gasteiger partial charge on any atom is 0.164 e. The first-order chi connectivity index (χ1) is 32.5. The summed E-state index contributed by atoms with van der Waals surface area (Å²) in [5.41, 5.74) is 12.3. The van der Waals surface area contributed by atoms with Crippen LogP contribution in [0.2, 0.25) is 0 Å². The van der Waals surface area contributed by atoms with E-state index >= 15 is 0 Å². The van der Waals surface area contributed by atoms with Crippen LogP contribution in [0.4, 0.5) is 0 Å². The van der Waals surface area contributed by atoms with Gasteiger partial charge in [-0.15, -0.1) is 0 Å². The molecule has 314 valence electrons. The Hall–Kier alpha value is -8.75. The van der Waals surface area contributed by atoms with E-state index in [9.17, 15) is 0 Å². The minimum atomic E-state index is 0.376. The average Bonchev–Trinajstić information content (AvgIpc) is 3.79. The lowest BCUT2D eigenvalue weighted by Gasteiger charge is -2.15. The van der Waals surface area contributed by atoms with Crippen LogP contribution in [0.1, 0.15) is 25.3 Å². The summed E-state index contributed by atoms with van der Waals surface area (Å²) in [5, 5.41) is 0. The molecule has 0 amide bonds. The molecule has 11 aromatic rings. The second-order valence-electron chi connectivity index (χ2n) is 16.5. The monoisotopic (exact) mass is 850 g/mol. The lowest BCUT2D eigenvalue weighted by Crippen LogP contribution is -2.02. The quantitative estimate of drug-likeness (QED) is 0.135. The molecule has 0 atom stereocenters. The number of nitrogens with zero attached hydrogens (tertiary/aromatic N) is 8. The summed E-state index contributed by atoms with van der Waals surface area (Å²) in [7, 11) is 0. The summed E-state index contributed by atoms with van der Waals surface area (Å²) in [5.74, 6) is 4.61. The Bertz CT molecular complexity index is 3240. The molecule has 66 heavy (non-hydrogen) atoms. The molecule has 0 bridgehead atoms. The molecule has 0 saturated carbocycles. The molecule has 0 fully saturated rings. The van der Waals surface area contributed by atoms with Gasteiger partial charge in [-0.25, -0.2) is 34.9 Å². The molecule has 0 radical (unpaired) electrons. The number of rotatable bonds is 10. The smallest absolute Gasteiger partial charge is 0.164 e. The van der Waals surface area contributed by atoms with E-state index in [-0.39, 0.29) is 0 Å². The summed E-state index contributed by atoms with van der Waals surface area (Å²) >= 11 is 0. The van der Waals surface area contributed by atoms with Gasteiger partial charge in [0.1, 0.15) is 5.82 Å². The highest BCUT2D eigenvalue weighted by Gasteiger charge is 2.20. The second kappa shape index (κ2) is 17.4. The van der Waals surface area contributed by atoms with Crippen LogP contribution in [0.15, 0.2) is 212 Å². The van der Waals surface area contributed by atoms with Gasteiger partial charge in [-0.1, -0.05) is 178 Å². The van der Waals surface area contributed by atoms with Crippen molar-refractivity contribution in [1.29, 1.82) is 0 Å². The highest BCUT2D eigenvalue weighted by molar-refractivity contribution is 5.85. The standard InChI is InChI=1S/C58H42N8/c1-38(2)43-27-17-29-45(33-43)58-59-50-31-15-16-32-51(50)66(58)49-30-18-28-44(37-49)46-34-47(56-62-52(39-19-7-3-8-20-39)60-53(63-56)40-21-9-4-10-22-40)36-48(35-46)57-64-54(41-23-11-5-12-24-41)61-55(65-57)42-25-13-6-14-26-42/h3-38H,1-2H3. The van der Waals surface area contributed by atoms with E-state index in [2.05, 4.69) is 103 Å². The van der Waals surface area contributed by atoms with Crippen LogP contribution in [-0.4, -0.2) is 39.5 Å². The van der Waals surface area contributed by atoms with E-state index < -0.39 is 0 Å². The van der Waals surface area contributed by atoms with E-state index in [1.165, 1.54) is 5.56 Å². The predicted molar refractivity (Wildman–Crippen MR) is 265 cm³/mol. The van der Waals surface area contributed by atoms with Crippen molar-refractivity contribution >= 4 is 11.0 Å². The second-order valence-corrected chi connectivity index (χ2v) is 16.5. The van der Waals surface area contributed by atoms with Gasteiger partial charge >= 0.3 is 0 Å². The number of hydrogen-bond donors (Lipinski definition) is 0. The predicted octanol–water partition coefficient (Wildman–Crippen LogP) is 13.9. The van der Waals surface area contributed by atoms with Gasteiger partial charge in [0.15, 0.2) is 34.9 Å². The Balaban J connectivity index is 1.14. The minimum absolute atomic E-state index is 0.376. The normalized spacial score (nSPS) is 11.3. The molecule has 3 aromatic heterocycles. The molecule has 0 aliphatic rings. The van der Waals surface area contributed by atoms with Crippen molar-refractivity contribution in [2.45, 2.75) is 19.8 Å². The van der Waals surface area contributed by atoms with Gasteiger partial charge in [-0.05, 0) is 71.1 Å². The van der Waals surface area contributed by atoms with Crippen LogP contribution in [0.25, 0.3) is 108 Å². The van der Waals surface area contributed by atoms with Crippen LogP contribution in [0.3, 0.4) is 0 Å². The fourth-order valence-corrected chi connectivity index (χ4v) is 8.27. The van der Waals surface area contributed by atoms with Gasteiger partial charge in [-0.3, -0.25) is 4.57 Å². The zero-order chi connectivity index (χ0) is 44.4. The molecule has 3 heterocycles. The third-order valence-corrected chi connectivity index (χ3v) is 11.7. The van der Waals surface area contributed by atoms with Crippen molar-refractivity contribution < 1.29 is 0 Å². The van der Waals surface area contributed by atoms with E-state index in [0.717, 1.165) is 72.6 Å². The summed E-state index contributed by atoms with van der Waals surface area (Å²) < 4.78 is 2.26. The number of hydrogen-bond acceptors (Lipinski definition) is 7. The Morgan fingerprint density at radius 1 is 0.303 bits per heavy atom. The van der Waals surface area contributed by atoms with Gasteiger partial charge in [0, 0.05) is 44.6 Å². The average molecular weight is 851 g/mol. The highest BCUT2D eigenvalue weighted by Crippen LogP contribution is 2.36. The van der Waals surface area contributed by atoms with E-state index in [1.807, 2.05) is 127 Å². The van der Waals surface area contributed by atoms with Gasteiger partial charge in [0.25, 0.3) is 0 Å². The van der Waals surface area contributed by atoms with Gasteiger partial charge < -0.3 is 0 Å². The van der Waals surface area contributed by atoms with Crippen LogP contribution < -0.4 is 0 Å². The molecule has 0 aliphatic heterocycles. The van der Waals surface area contributed by atoms with E-state index in [4.69, 9.17) is 34.9 Å². The summed E-state index contributed by atoms with van der Waals surface area (Å²) in [6.45, 7) is 4.44. The molecule has 0 aliphatic carbocycles. The third-order valence-electron chi connectivity index (χ3n) is 11.7. The summed E-state index contributed by atoms with van der Waals surface area (Å²) in [6.07, 6.45) is 0. The van der Waals surface area contributed by atoms with Gasteiger partial charge in [0.05, 0.1) is 11.0 Å². The number of para-hydroxylation sites is 2. The fraction of sp³-hybridized carbons (Fsp3) is 0.0517. The lowest BCUT2D eigenvalue weighted by molar-refractivity contribution is 0.866. The molecular formula is C58H42N8. The molecule has 11 rings (SSSR count). The van der Waals surface area contributed by atoms with Gasteiger partial charge in [-0.2, -0.15) is 0 Å². The van der Waals surface area contributed by atoms with Crippen LogP contribution in [0, 0.1) is 0 Å². The first-order valence-electron chi connectivity index (χ1n) is 22.1. The number of aromatic nitrogens is 8. The number of benzene rings is 8. The van der Waals surface area contributed by atoms with Gasteiger partial charge in [0.2, 0.25) is 0 Å². The molecule has 0 N–H and O–H groups in total. The fourth-order valence-electron chi connectivity index (χ4n) is 8.27. The minimum Gasteiger partial charge on any atom is -0.292 e. The highest BCUT2D eigenvalue weighted by atomic mass is 15.1. The largest absolute Gasteiger partial charge is 0.292 e. The zero-order valence-corrected chi connectivity index (χ0v) is 36.4.